The molecule has 124 valence electrons. The predicted octanol–water partition coefficient (Wildman–Crippen LogP) is 1.98. The van der Waals surface area contributed by atoms with Crippen LogP contribution in [0.2, 0.25) is 0 Å². The quantitative estimate of drug-likeness (QED) is 0.747. The fraction of sp³-hybridized carbons (Fsp3) is 0.471. The van der Waals surface area contributed by atoms with Gasteiger partial charge in [0, 0.05) is 18.7 Å². The van der Waals surface area contributed by atoms with Crippen molar-refractivity contribution < 1.29 is 19.5 Å². The van der Waals surface area contributed by atoms with E-state index in [-0.39, 0.29) is 30.7 Å². The van der Waals surface area contributed by atoms with E-state index in [1.165, 1.54) is 0 Å². The lowest BCUT2D eigenvalue weighted by atomic mass is 9.89. The Labute approximate surface area is 135 Å². The van der Waals surface area contributed by atoms with Crippen molar-refractivity contribution in [2.45, 2.75) is 32.6 Å². The van der Waals surface area contributed by atoms with Gasteiger partial charge in [-0.05, 0) is 24.0 Å². The minimum atomic E-state index is -0.916. The highest BCUT2D eigenvalue weighted by atomic mass is 16.4. The maximum absolute atomic E-state index is 12.4. The standard InChI is InChI=1S/C17H22N2O4/c1-10(2)7-11(17(22)23)9-18-16(21)13-8-15(20)19-14-6-4-3-5-12(13)14/h3-6,10-11,13H,7-9H2,1-2H3,(H,18,21)(H,19,20)(H,22,23). The number of hydrogen-bond donors (Lipinski definition) is 3. The Kier molecular flexibility index (Phi) is 5.36. The maximum Gasteiger partial charge on any atom is 0.308 e. The van der Waals surface area contributed by atoms with Crippen LogP contribution in [0.5, 0.6) is 0 Å². The van der Waals surface area contributed by atoms with Crippen molar-refractivity contribution in [1.82, 2.24) is 5.32 Å². The first kappa shape index (κ1) is 17.0. The molecule has 3 N–H and O–H groups in total. The first-order chi connectivity index (χ1) is 10.9. The van der Waals surface area contributed by atoms with E-state index >= 15 is 0 Å². The smallest absolute Gasteiger partial charge is 0.308 e. The van der Waals surface area contributed by atoms with Gasteiger partial charge in [-0.15, -0.1) is 0 Å². The van der Waals surface area contributed by atoms with Crippen molar-refractivity contribution in [2.24, 2.45) is 11.8 Å². The van der Waals surface area contributed by atoms with Gasteiger partial charge in [0.1, 0.15) is 0 Å². The van der Waals surface area contributed by atoms with Gasteiger partial charge in [-0.1, -0.05) is 32.0 Å². The summed E-state index contributed by atoms with van der Waals surface area (Å²) in [6.45, 7) is 3.96. The van der Waals surface area contributed by atoms with E-state index in [0.29, 0.717) is 12.1 Å². The van der Waals surface area contributed by atoms with E-state index < -0.39 is 17.8 Å². The van der Waals surface area contributed by atoms with Gasteiger partial charge < -0.3 is 15.7 Å². The van der Waals surface area contributed by atoms with Crippen molar-refractivity contribution in [1.29, 1.82) is 0 Å². The summed E-state index contributed by atoms with van der Waals surface area (Å²) >= 11 is 0. The van der Waals surface area contributed by atoms with Crippen LogP contribution in [0.15, 0.2) is 24.3 Å². The number of hydrogen-bond acceptors (Lipinski definition) is 3. The van der Waals surface area contributed by atoms with Gasteiger partial charge in [0.25, 0.3) is 0 Å². The van der Waals surface area contributed by atoms with Crippen LogP contribution < -0.4 is 10.6 Å². The average Bonchev–Trinajstić information content (AvgIpc) is 2.49. The molecule has 0 saturated carbocycles. The van der Waals surface area contributed by atoms with Gasteiger partial charge in [-0.25, -0.2) is 0 Å². The molecule has 2 unspecified atom stereocenters. The number of amides is 2. The molecule has 0 saturated heterocycles. The lowest BCUT2D eigenvalue weighted by molar-refractivity contribution is -0.142. The molecule has 6 nitrogen and oxygen atoms in total. The molecule has 2 amide bonds. The van der Waals surface area contributed by atoms with Crippen molar-refractivity contribution in [3.05, 3.63) is 29.8 Å². The highest BCUT2D eigenvalue weighted by Gasteiger charge is 2.31. The zero-order valence-corrected chi connectivity index (χ0v) is 13.3. The third-order valence-electron chi connectivity index (χ3n) is 3.94. The monoisotopic (exact) mass is 318 g/mol. The summed E-state index contributed by atoms with van der Waals surface area (Å²) in [6.07, 6.45) is 0.572. The van der Waals surface area contributed by atoms with Gasteiger partial charge in [0.15, 0.2) is 0 Å². The fourth-order valence-corrected chi connectivity index (χ4v) is 2.83. The summed E-state index contributed by atoms with van der Waals surface area (Å²) in [7, 11) is 0. The summed E-state index contributed by atoms with van der Waals surface area (Å²) in [5.74, 6) is -2.39. The molecule has 0 aromatic heterocycles. The molecule has 23 heavy (non-hydrogen) atoms. The van der Waals surface area contributed by atoms with Gasteiger partial charge in [-0.2, -0.15) is 0 Å². The van der Waals surface area contributed by atoms with Crippen LogP contribution in [-0.4, -0.2) is 29.4 Å². The third-order valence-corrected chi connectivity index (χ3v) is 3.94. The van der Waals surface area contributed by atoms with E-state index in [4.69, 9.17) is 0 Å². The highest BCUT2D eigenvalue weighted by Crippen LogP contribution is 2.32. The molecular formula is C17H22N2O4. The van der Waals surface area contributed by atoms with Crippen molar-refractivity contribution in [3.8, 4) is 0 Å². The average molecular weight is 318 g/mol. The minimum absolute atomic E-state index is 0.0742. The second kappa shape index (κ2) is 7.26. The molecule has 6 heteroatoms. The number of nitrogens with one attached hydrogen (secondary N) is 2. The summed E-state index contributed by atoms with van der Waals surface area (Å²) in [5, 5.41) is 14.7. The van der Waals surface area contributed by atoms with Crippen LogP contribution in [0.1, 0.15) is 38.2 Å². The number of aliphatic carboxylic acids is 1. The Balaban J connectivity index is 2.06. The van der Waals surface area contributed by atoms with Crippen molar-refractivity contribution >= 4 is 23.5 Å². The molecule has 1 aliphatic rings. The molecule has 1 heterocycles. The SMILES string of the molecule is CC(C)CC(CNC(=O)C1CC(=O)Nc2ccccc21)C(=O)O. The van der Waals surface area contributed by atoms with Crippen LogP contribution in [-0.2, 0) is 14.4 Å². The Bertz CT molecular complexity index is 612. The number of rotatable bonds is 6. The second-order valence-electron chi connectivity index (χ2n) is 6.30. The van der Waals surface area contributed by atoms with Crippen LogP contribution in [0, 0.1) is 11.8 Å². The van der Waals surface area contributed by atoms with Gasteiger partial charge in [0.05, 0.1) is 11.8 Å². The first-order valence-electron chi connectivity index (χ1n) is 7.77. The number of carbonyl (C=O) groups excluding carboxylic acids is 2. The molecule has 1 aromatic rings. The minimum Gasteiger partial charge on any atom is -0.481 e. The maximum atomic E-state index is 12.4. The predicted molar refractivity (Wildman–Crippen MR) is 86.0 cm³/mol. The molecule has 1 aromatic carbocycles. The molecule has 1 aliphatic heterocycles. The molecule has 0 radical (unpaired) electrons. The van der Waals surface area contributed by atoms with Crippen molar-refractivity contribution in [2.75, 3.05) is 11.9 Å². The molecule has 0 bridgehead atoms. The number of carbonyl (C=O) groups is 3. The van der Waals surface area contributed by atoms with Crippen molar-refractivity contribution in [3.63, 3.8) is 0 Å². The number of fused-ring (bicyclic) bond motifs is 1. The van der Waals surface area contributed by atoms with E-state index in [0.717, 1.165) is 5.56 Å². The zero-order valence-electron chi connectivity index (χ0n) is 13.3. The van der Waals surface area contributed by atoms with E-state index in [1.54, 1.807) is 12.1 Å². The molecule has 2 atom stereocenters. The number of carboxylic acid groups (broad SMARTS) is 1. The number of carboxylic acids is 1. The summed E-state index contributed by atoms with van der Waals surface area (Å²) in [5.41, 5.74) is 1.40. The summed E-state index contributed by atoms with van der Waals surface area (Å²) in [4.78, 5) is 35.4. The van der Waals surface area contributed by atoms with E-state index in [9.17, 15) is 19.5 Å². The van der Waals surface area contributed by atoms with E-state index in [2.05, 4.69) is 10.6 Å². The lowest BCUT2D eigenvalue weighted by Crippen LogP contribution is -2.39. The number of benzene rings is 1. The second-order valence-corrected chi connectivity index (χ2v) is 6.30. The molecule has 0 aliphatic carbocycles. The fourth-order valence-electron chi connectivity index (χ4n) is 2.83. The van der Waals surface area contributed by atoms with Gasteiger partial charge >= 0.3 is 5.97 Å². The molecule has 0 fully saturated rings. The Morgan fingerprint density at radius 1 is 1.35 bits per heavy atom. The Morgan fingerprint density at radius 3 is 2.70 bits per heavy atom. The topological polar surface area (TPSA) is 95.5 Å². The van der Waals surface area contributed by atoms with Crippen LogP contribution in [0.25, 0.3) is 0 Å². The Morgan fingerprint density at radius 2 is 2.04 bits per heavy atom. The van der Waals surface area contributed by atoms with Gasteiger partial charge in [0.2, 0.25) is 11.8 Å². The van der Waals surface area contributed by atoms with Crippen LogP contribution in [0.4, 0.5) is 5.69 Å². The first-order valence-corrected chi connectivity index (χ1v) is 7.77. The van der Waals surface area contributed by atoms with Gasteiger partial charge in [-0.3, -0.25) is 14.4 Å². The molecular weight excluding hydrogens is 296 g/mol. The number of para-hydroxylation sites is 1. The Hall–Kier alpha value is -2.37. The molecule has 0 spiro atoms. The highest BCUT2D eigenvalue weighted by molar-refractivity contribution is 6.01. The summed E-state index contributed by atoms with van der Waals surface area (Å²) < 4.78 is 0. The van der Waals surface area contributed by atoms with Crippen LogP contribution >= 0.6 is 0 Å². The summed E-state index contributed by atoms with van der Waals surface area (Å²) in [6, 6.07) is 7.17. The third kappa shape index (κ3) is 4.31. The van der Waals surface area contributed by atoms with E-state index in [1.807, 2.05) is 26.0 Å². The lowest BCUT2D eigenvalue weighted by Gasteiger charge is -2.25. The largest absolute Gasteiger partial charge is 0.481 e. The van der Waals surface area contributed by atoms with Crippen LogP contribution in [0.3, 0.4) is 0 Å². The normalized spacial score (nSPS) is 18.0. The molecule has 2 rings (SSSR count). The number of anilines is 1. The zero-order chi connectivity index (χ0) is 17.0.